The second-order valence-electron chi connectivity index (χ2n) is 6.92. The van der Waals surface area contributed by atoms with Gasteiger partial charge in [-0.1, -0.05) is 18.2 Å². The predicted octanol–water partition coefficient (Wildman–Crippen LogP) is 3.60. The number of piperidine rings is 1. The maximum atomic E-state index is 12.6. The van der Waals surface area contributed by atoms with Gasteiger partial charge in [0.25, 0.3) is 0 Å². The molecule has 1 aliphatic rings. The summed E-state index contributed by atoms with van der Waals surface area (Å²) < 4.78 is 1.84. The Bertz CT molecular complexity index is 697. The highest BCUT2D eigenvalue weighted by molar-refractivity contribution is 5.89. The number of benzene rings is 1. The quantitative estimate of drug-likeness (QED) is 0.924. The van der Waals surface area contributed by atoms with E-state index in [-0.39, 0.29) is 18.1 Å². The first kappa shape index (κ1) is 17.3. The number of nitrogens with zero attached hydrogens (tertiary/aromatic N) is 4. The number of urea groups is 1. The molecule has 0 spiro atoms. The molecule has 1 saturated heterocycles. The van der Waals surface area contributed by atoms with Crippen molar-refractivity contribution in [3.8, 4) is 0 Å². The number of para-hydroxylation sites is 1. The lowest BCUT2D eigenvalue weighted by Gasteiger charge is -2.38. The SMILES string of the molecule is CC(C)n1cc(NC(=O)N(C)[C@@H]2CCCN(c3ccccc3)C2)cn1. The smallest absolute Gasteiger partial charge is 0.321 e. The number of nitrogens with one attached hydrogen (secondary N) is 1. The number of anilines is 2. The standard InChI is InChI=1S/C19H27N5O/c1-15(2)24-13-16(12-20-24)21-19(25)22(3)18-10-7-11-23(14-18)17-8-5-4-6-9-17/h4-6,8-9,12-13,15,18H,7,10-11,14H2,1-3H3,(H,21,25)/t18-/m1/s1. The fourth-order valence-corrected chi connectivity index (χ4v) is 3.21. The summed E-state index contributed by atoms with van der Waals surface area (Å²) in [5.74, 6) is 0. The van der Waals surface area contributed by atoms with Gasteiger partial charge in [-0.2, -0.15) is 5.10 Å². The van der Waals surface area contributed by atoms with E-state index in [9.17, 15) is 4.79 Å². The van der Waals surface area contributed by atoms with Gasteiger partial charge in [-0.15, -0.1) is 0 Å². The molecule has 1 N–H and O–H groups in total. The normalized spacial score (nSPS) is 17.6. The minimum Gasteiger partial charge on any atom is -0.369 e. The third-order valence-corrected chi connectivity index (χ3v) is 4.77. The van der Waals surface area contributed by atoms with Crippen LogP contribution in [0.5, 0.6) is 0 Å². The van der Waals surface area contributed by atoms with Crippen LogP contribution in [0.15, 0.2) is 42.7 Å². The summed E-state index contributed by atoms with van der Waals surface area (Å²) in [4.78, 5) is 16.8. The first-order valence-electron chi connectivity index (χ1n) is 8.92. The number of rotatable bonds is 4. The summed E-state index contributed by atoms with van der Waals surface area (Å²) in [6.45, 7) is 6.02. The number of hydrogen-bond donors (Lipinski definition) is 1. The van der Waals surface area contributed by atoms with Gasteiger partial charge in [0.15, 0.2) is 0 Å². The molecule has 1 aromatic carbocycles. The van der Waals surface area contributed by atoms with E-state index >= 15 is 0 Å². The molecule has 1 atom stereocenters. The molecule has 2 aromatic rings. The first-order chi connectivity index (χ1) is 12.0. The molecular formula is C19H27N5O. The molecule has 1 aliphatic heterocycles. The van der Waals surface area contributed by atoms with E-state index in [0.29, 0.717) is 0 Å². The zero-order valence-electron chi connectivity index (χ0n) is 15.2. The second kappa shape index (κ2) is 7.59. The van der Waals surface area contributed by atoms with Crippen molar-refractivity contribution < 1.29 is 4.79 Å². The molecule has 134 valence electrons. The topological polar surface area (TPSA) is 53.4 Å². The van der Waals surface area contributed by atoms with E-state index in [1.54, 1.807) is 6.20 Å². The van der Waals surface area contributed by atoms with Gasteiger partial charge in [0.2, 0.25) is 0 Å². The number of amides is 2. The largest absolute Gasteiger partial charge is 0.369 e. The molecule has 0 radical (unpaired) electrons. The first-order valence-corrected chi connectivity index (χ1v) is 8.92. The molecule has 3 rings (SSSR count). The van der Waals surface area contributed by atoms with Crippen molar-refractivity contribution in [1.82, 2.24) is 14.7 Å². The average Bonchev–Trinajstić information content (AvgIpc) is 3.11. The van der Waals surface area contributed by atoms with E-state index < -0.39 is 0 Å². The molecule has 6 heteroatoms. The van der Waals surface area contributed by atoms with Gasteiger partial charge in [0.1, 0.15) is 0 Å². The van der Waals surface area contributed by atoms with Crippen LogP contribution in [0.25, 0.3) is 0 Å². The summed E-state index contributed by atoms with van der Waals surface area (Å²) >= 11 is 0. The van der Waals surface area contributed by atoms with Crippen LogP contribution < -0.4 is 10.2 Å². The molecule has 1 aromatic heterocycles. The minimum absolute atomic E-state index is 0.0804. The average molecular weight is 341 g/mol. The molecule has 0 unspecified atom stereocenters. The lowest BCUT2D eigenvalue weighted by atomic mass is 10.0. The molecule has 2 heterocycles. The van der Waals surface area contributed by atoms with Crippen molar-refractivity contribution in [3.63, 3.8) is 0 Å². The molecule has 25 heavy (non-hydrogen) atoms. The Kier molecular flexibility index (Phi) is 5.26. The van der Waals surface area contributed by atoms with Crippen molar-refractivity contribution in [2.75, 3.05) is 30.4 Å². The highest BCUT2D eigenvalue weighted by Gasteiger charge is 2.26. The third kappa shape index (κ3) is 4.13. The van der Waals surface area contributed by atoms with E-state index in [2.05, 4.69) is 53.4 Å². The van der Waals surface area contributed by atoms with E-state index in [1.807, 2.05) is 28.9 Å². The number of likely N-dealkylation sites (N-methyl/N-ethyl adjacent to an activating group) is 1. The second-order valence-corrected chi connectivity index (χ2v) is 6.92. The van der Waals surface area contributed by atoms with Crippen molar-refractivity contribution in [2.45, 2.75) is 38.8 Å². The number of carbonyl (C=O) groups excluding carboxylic acids is 1. The van der Waals surface area contributed by atoms with Crippen LogP contribution in [0.2, 0.25) is 0 Å². The van der Waals surface area contributed by atoms with E-state index in [4.69, 9.17) is 0 Å². The number of aromatic nitrogens is 2. The van der Waals surface area contributed by atoms with Crippen molar-refractivity contribution in [3.05, 3.63) is 42.7 Å². The summed E-state index contributed by atoms with van der Waals surface area (Å²) in [6.07, 6.45) is 5.68. The van der Waals surface area contributed by atoms with Crippen LogP contribution in [-0.4, -0.2) is 46.9 Å². The Labute approximate surface area is 149 Å². The van der Waals surface area contributed by atoms with Crippen LogP contribution in [-0.2, 0) is 0 Å². The van der Waals surface area contributed by atoms with Crippen LogP contribution in [0, 0.1) is 0 Å². The Morgan fingerprint density at radius 3 is 2.76 bits per heavy atom. The van der Waals surface area contributed by atoms with Gasteiger partial charge in [-0.05, 0) is 38.8 Å². The predicted molar refractivity (Wildman–Crippen MR) is 101 cm³/mol. The molecule has 0 bridgehead atoms. The van der Waals surface area contributed by atoms with Gasteiger partial charge in [0.05, 0.1) is 17.9 Å². The fraction of sp³-hybridized carbons (Fsp3) is 0.474. The van der Waals surface area contributed by atoms with Gasteiger partial charge < -0.3 is 15.1 Å². The van der Waals surface area contributed by atoms with Gasteiger partial charge in [-0.3, -0.25) is 4.68 Å². The van der Waals surface area contributed by atoms with Crippen molar-refractivity contribution in [1.29, 1.82) is 0 Å². The third-order valence-electron chi connectivity index (χ3n) is 4.77. The Balaban J connectivity index is 1.61. The van der Waals surface area contributed by atoms with Crippen LogP contribution in [0.4, 0.5) is 16.2 Å². The number of carbonyl (C=O) groups is 1. The van der Waals surface area contributed by atoms with Gasteiger partial charge >= 0.3 is 6.03 Å². The minimum atomic E-state index is -0.0804. The van der Waals surface area contributed by atoms with E-state index in [1.165, 1.54) is 5.69 Å². The molecule has 2 amide bonds. The summed E-state index contributed by atoms with van der Waals surface area (Å²) in [7, 11) is 1.88. The van der Waals surface area contributed by atoms with Crippen LogP contribution in [0.1, 0.15) is 32.7 Å². The Morgan fingerprint density at radius 2 is 2.08 bits per heavy atom. The van der Waals surface area contributed by atoms with Crippen molar-refractivity contribution in [2.24, 2.45) is 0 Å². The summed E-state index contributed by atoms with van der Waals surface area (Å²) in [5.41, 5.74) is 1.96. The highest BCUT2D eigenvalue weighted by atomic mass is 16.2. The fourth-order valence-electron chi connectivity index (χ4n) is 3.21. The summed E-state index contributed by atoms with van der Waals surface area (Å²) in [5, 5.41) is 7.22. The molecule has 1 fully saturated rings. The van der Waals surface area contributed by atoms with Gasteiger partial charge in [0, 0.05) is 38.1 Å². The Morgan fingerprint density at radius 1 is 1.32 bits per heavy atom. The Hall–Kier alpha value is -2.50. The molecule has 6 nitrogen and oxygen atoms in total. The lowest BCUT2D eigenvalue weighted by molar-refractivity contribution is 0.196. The lowest BCUT2D eigenvalue weighted by Crippen LogP contribution is -2.49. The van der Waals surface area contributed by atoms with Crippen LogP contribution >= 0.6 is 0 Å². The maximum Gasteiger partial charge on any atom is 0.321 e. The zero-order chi connectivity index (χ0) is 17.8. The highest BCUT2D eigenvalue weighted by Crippen LogP contribution is 2.22. The monoisotopic (exact) mass is 341 g/mol. The molecule has 0 aliphatic carbocycles. The zero-order valence-corrected chi connectivity index (χ0v) is 15.2. The van der Waals surface area contributed by atoms with E-state index in [0.717, 1.165) is 31.6 Å². The van der Waals surface area contributed by atoms with Gasteiger partial charge in [-0.25, -0.2) is 4.79 Å². The molecular weight excluding hydrogens is 314 g/mol. The summed E-state index contributed by atoms with van der Waals surface area (Å²) in [6, 6.07) is 10.8. The van der Waals surface area contributed by atoms with Crippen molar-refractivity contribution >= 4 is 17.4 Å². The van der Waals surface area contributed by atoms with Crippen LogP contribution in [0.3, 0.4) is 0 Å². The molecule has 0 saturated carbocycles. The number of hydrogen-bond acceptors (Lipinski definition) is 3. The maximum absolute atomic E-state index is 12.6.